The average molecular weight is 288 g/mol. The van der Waals surface area contributed by atoms with Crippen molar-refractivity contribution in [1.29, 1.82) is 0 Å². The monoisotopic (exact) mass is 287 g/mol. The molecule has 5 heteroatoms. The molecule has 2 rings (SSSR count). The van der Waals surface area contributed by atoms with Crippen LogP contribution in [-0.2, 0) is 0 Å². The molecule has 1 fully saturated rings. The van der Waals surface area contributed by atoms with Crippen LogP contribution >= 0.6 is 23.2 Å². The standard InChI is InChI=1S/C13H19Cl2N3/c1-3-13(4-2)5-6-18(8-13)12-10(15)7-9(14)11(16)17-12/h7H,3-6,8H2,1-2H3,(H2,16,17). The number of hydrogen-bond donors (Lipinski definition) is 1. The summed E-state index contributed by atoms with van der Waals surface area (Å²) in [4.78, 5) is 6.55. The zero-order valence-corrected chi connectivity index (χ0v) is 12.4. The third-order valence-corrected chi connectivity index (χ3v) is 4.76. The van der Waals surface area contributed by atoms with Gasteiger partial charge in [-0.1, -0.05) is 37.0 Å². The SMILES string of the molecule is CCC1(CC)CCN(c2nc(N)c(Cl)cc2Cl)C1. The highest BCUT2D eigenvalue weighted by molar-refractivity contribution is 6.37. The first kappa shape index (κ1) is 13.8. The number of nitrogens with zero attached hydrogens (tertiary/aromatic N) is 2. The van der Waals surface area contributed by atoms with Crippen LogP contribution in [0.25, 0.3) is 0 Å². The molecule has 0 unspecified atom stereocenters. The molecule has 0 bridgehead atoms. The minimum absolute atomic E-state index is 0.349. The fourth-order valence-electron chi connectivity index (χ4n) is 2.64. The van der Waals surface area contributed by atoms with Gasteiger partial charge < -0.3 is 10.6 Å². The largest absolute Gasteiger partial charge is 0.382 e. The summed E-state index contributed by atoms with van der Waals surface area (Å²) in [5.74, 6) is 1.11. The maximum Gasteiger partial charge on any atom is 0.149 e. The van der Waals surface area contributed by atoms with E-state index in [0.29, 0.717) is 21.3 Å². The van der Waals surface area contributed by atoms with Crippen molar-refractivity contribution in [2.24, 2.45) is 5.41 Å². The number of nitrogen functional groups attached to an aromatic ring is 1. The molecule has 1 aromatic heterocycles. The van der Waals surface area contributed by atoms with Gasteiger partial charge in [0.2, 0.25) is 0 Å². The number of halogens is 2. The minimum Gasteiger partial charge on any atom is -0.382 e. The molecule has 0 amide bonds. The van der Waals surface area contributed by atoms with Crippen LogP contribution in [0.2, 0.25) is 10.0 Å². The number of hydrogen-bond acceptors (Lipinski definition) is 3. The summed E-state index contributed by atoms with van der Waals surface area (Å²) in [5.41, 5.74) is 6.15. The predicted molar refractivity (Wildman–Crippen MR) is 78.5 cm³/mol. The summed E-state index contributed by atoms with van der Waals surface area (Å²) in [7, 11) is 0. The Bertz CT molecular complexity index is 444. The van der Waals surface area contributed by atoms with Crippen LogP contribution in [0.5, 0.6) is 0 Å². The second kappa shape index (κ2) is 5.14. The van der Waals surface area contributed by atoms with Gasteiger partial charge in [-0.2, -0.15) is 0 Å². The van der Waals surface area contributed by atoms with Crippen molar-refractivity contribution < 1.29 is 0 Å². The van der Waals surface area contributed by atoms with Crippen molar-refractivity contribution in [3.8, 4) is 0 Å². The molecule has 3 nitrogen and oxygen atoms in total. The van der Waals surface area contributed by atoms with Gasteiger partial charge in [0.05, 0.1) is 10.0 Å². The summed E-state index contributed by atoms with van der Waals surface area (Å²) in [6.07, 6.45) is 3.54. The van der Waals surface area contributed by atoms with E-state index >= 15 is 0 Å². The first-order valence-corrected chi connectivity index (χ1v) is 7.13. The lowest BCUT2D eigenvalue weighted by atomic mass is 9.82. The molecular weight excluding hydrogens is 269 g/mol. The molecule has 2 N–H and O–H groups in total. The van der Waals surface area contributed by atoms with E-state index in [0.717, 1.165) is 18.9 Å². The molecule has 0 spiro atoms. The Labute approximate surface area is 118 Å². The first-order chi connectivity index (χ1) is 8.51. The van der Waals surface area contributed by atoms with Gasteiger partial charge in [-0.15, -0.1) is 0 Å². The Balaban J connectivity index is 2.27. The molecule has 18 heavy (non-hydrogen) atoms. The Morgan fingerprint density at radius 2 is 2.00 bits per heavy atom. The first-order valence-electron chi connectivity index (χ1n) is 6.38. The molecule has 0 radical (unpaired) electrons. The summed E-state index contributed by atoms with van der Waals surface area (Å²) in [6.45, 7) is 6.47. The van der Waals surface area contributed by atoms with E-state index in [-0.39, 0.29) is 0 Å². The summed E-state index contributed by atoms with van der Waals surface area (Å²) < 4.78 is 0. The Morgan fingerprint density at radius 1 is 1.33 bits per heavy atom. The van der Waals surface area contributed by atoms with Crippen LogP contribution in [0.15, 0.2) is 6.07 Å². The maximum absolute atomic E-state index is 6.22. The van der Waals surface area contributed by atoms with E-state index in [1.54, 1.807) is 6.07 Å². The molecule has 0 saturated carbocycles. The number of rotatable bonds is 3. The lowest BCUT2D eigenvalue weighted by molar-refractivity contribution is 0.301. The van der Waals surface area contributed by atoms with E-state index in [4.69, 9.17) is 28.9 Å². The lowest BCUT2D eigenvalue weighted by Gasteiger charge is -2.27. The second-order valence-corrected chi connectivity index (χ2v) is 5.85. The summed E-state index contributed by atoms with van der Waals surface area (Å²) >= 11 is 12.1. The van der Waals surface area contributed by atoms with Gasteiger partial charge in [0.25, 0.3) is 0 Å². The van der Waals surface area contributed by atoms with Crippen molar-refractivity contribution in [2.75, 3.05) is 23.7 Å². The highest BCUT2D eigenvalue weighted by atomic mass is 35.5. The number of nitrogens with two attached hydrogens (primary N) is 1. The highest BCUT2D eigenvalue weighted by Crippen LogP contribution is 2.41. The Hall–Kier alpha value is -0.670. The fourth-order valence-corrected chi connectivity index (χ4v) is 3.11. The van der Waals surface area contributed by atoms with Gasteiger partial charge in [-0.25, -0.2) is 4.98 Å². The molecule has 0 aliphatic carbocycles. The summed E-state index contributed by atoms with van der Waals surface area (Å²) in [5, 5.41) is 0.998. The molecule has 1 aliphatic rings. The minimum atomic E-state index is 0.349. The number of pyridine rings is 1. The van der Waals surface area contributed by atoms with Crippen molar-refractivity contribution >= 4 is 34.8 Å². The maximum atomic E-state index is 6.22. The van der Waals surface area contributed by atoms with Crippen LogP contribution < -0.4 is 10.6 Å². The zero-order valence-electron chi connectivity index (χ0n) is 10.8. The van der Waals surface area contributed by atoms with Crippen LogP contribution in [0.4, 0.5) is 11.6 Å². The van der Waals surface area contributed by atoms with Crippen molar-refractivity contribution in [3.63, 3.8) is 0 Å². The van der Waals surface area contributed by atoms with Gasteiger partial charge >= 0.3 is 0 Å². The number of aromatic nitrogens is 1. The number of anilines is 2. The van der Waals surface area contributed by atoms with Gasteiger partial charge in [0.15, 0.2) is 0 Å². The van der Waals surface area contributed by atoms with Gasteiger partial charge in [0, 0.05) is 13.1 Å². The van der Waals surface area contributed by atoms with E-state index in [9.17, 15) is 0 Å². The third-order valence-electron chi connectivity index (χ3n) is 4.18. The summed E-state index contributed by atoms with van der Waals surface area (Å²) in [6, 6.07) is 1.68. The third kappa shape index (κ3) is 2.39. The van der Waals surface area contributed by atoms with Crippen molar-refractivity contribution in [3.05, 3.63) is 16.1 Å². The molecule has 0 aromatic carbocycles. The average Bonchev–Trinajstić information content (AvgIpc) is 2.79. The molecular formula is C13H19Cl2N3. The zero-order chi connectivity index (χ0) is 13.3. The fraction of sp³-hybridized carbons (Fsp3) is 0.615. The smallest absolute Gasteiger partial charge is 0.149 e. The molecule has 1 saturated heterocycles. The Morgan fingerprint density at radius 3 is 2.56 bits per heavy atom. The van der Waals surface area contributed by atoms with Crippen molar-refractivity contribution in [1.82, 2.24) is 4.98 Å². The van der Waals surface area contributed by atoms with Crippen LogP contribution in [0, 0.1) is 5.41 Å². The second-order valence-electron chi connectivity index (χ2n) is 5.04. The van der Waals surface area contributed by atoms with Gasteiger partial charge in [-0.3, -0.25) is 0 Å². The topological polar surface area (TPSA) is 42.2 Å². The van der Waals surface area contributed by atoms with Crippen LogP contribution in [-0.4, -0.2) is 18.1 Å². The Kier molecular flexibility index (Phi) is 3.93. The van der Waals surface area contributed by atoms with E-state index in [1.165, 1.54) is 19.3 Å². The van der Waals surface area contributed by atoms with Crippen LogP contribution in [0.1, 0.15) is 33.1 Å². The van der Waals surface area contributed by atoms with Gasteiger partial charge in [0.1, 0.15) is 11.6 Å². The highest BCUT2D eigenvalue weighted by Gasteiger charge is 2.36. The van der Waals surface area contributed by atoms with E-state index in [1.807, 2.05) is 0 Å². The van der Waals surface area contributed by atoms with Gasteiger partial charge in [-0.05, 0) is 30.7 Å². The molecule has 1 aliphatic heterocycles. The normalized spacial score (nSPS) is 18.3. The molecule has 2 heterocycles. The van der Waals surface area contributed by atoms with Crippen molar-refractivity contribution in [2.45, 2.75) is 33.1 Å². The van der Waals surface area contributed by atoms with E-state index in [2.05, 4.69) is 23.7 Å². The molecule has 0 atom stereocenters. The predicted octanol–water partition coefficient (Wildman–Crippen LogP) is 3.99. The molecule has 100 valence electrons. The van der Waals surface area contributed by atoms with Crippen LogP contribution in [0.3, 0.4) is 0 Å². The lowest BCUT2D eigenvalue weighted by Crippen LogP contribution is -2.27. The van der Waals surface area contributed by atoms with E-state index < -0.39 is 0 Å². The quantitative estimate of drug-likeness (QED) is 0.914. The molecule has 1 aromatic rings.